The maximum Gasteiger partial charge on any atom is 0.343 e. The summed E-state index contributed by atoms with van der Waals surface area (Å²) in [4.78, 5) is 60.6. The number of benzene rings is 2. The number of carbonyl (C=O) groups is 2. The molecule has 2 aromatic carbocycles. The first-order valence-corrected chi connectivity index (χ1v) is 18.1. The largest absolute Gasteiger partial charge is 0.458 e. The van der Waals surface area contributed by atoms with Crippen LogP contribution >= 0.6 is 0 Å². The van der Waals surface area contributed by atoms with Gasteiger partial charge in [-0.3, -0.25) is 9.59 Å². The highest BCUT2D eigenvalue weighted by Crippen LogP contribution is 2.41. The van der Waals surface area contributed by atoms with Gasteiger partial charge in [-0.15, -0.1) is 0 Å². The number of para-hydroxylation sites is 2. The van der Waals surface area contributed by atoms with Crippen LogP contribution in [0.1, 0.15) is 67.0 Å². The molecular weight excluding hydrogens is 688 g/mol. The Morgan fingerprint density at radius 1 is 0.685 bits per heavy atom. The van der Waals surface area contributed by atoms with Crippen molar-refractivity contribution in [2.45, 2.75) is 71.1 Å². The highest BCUT2D eigenvalue weighted by Gasteiger charge is 2.48. The zero-order chi connectivity index (χ0) is 37.5. The molecule has 0 bridgehead atoms. The number of fused-ring (bicyclic) bond motifs is 10. The molecule has 0 fully saturated rings. The second-order valence-corrected chi connectivity index (χ2v) is 14.0. The van der Waals surface area contributed by atoms with Gasteiger partial charge in [0.25, 0.3) is 11.1 Å². The van der Waals surface area contributed by atoms with Gasteiger partial charge in [-0.25, -0.2) is 19.6 Å². The van der Waals surface area contributed by atoms with Gasteiger partial charge in [0.05, 0.1) is 58.0 Å². The van der Waals surface area contributed by atoms with E-state index in [1.165, 1.54) is 0 Å². The molecule has 12 heteroatoms. The van der Waals surface area contributed by atoms with Crippen molar-refractivity contribution in [3.05, 3.63) is 127 Å². The molecule has 54 heavy (non-hydrogen) atoms. The lowest BCUT2D eigenvalue weighted by Gasteiger charge is -2.35. The van der Waals surface area contributed by atoms with Crippen molar-refractivity contribution < 1.29 is 28.9 Å². The summed E-state index contributed by atoms with van der Waals surface area (Å²) in [6.07, 6.45) is 0.535. The van der Waals surface area contributed by atoms with Gasteiger partial charge >= 0.3 is 11.9 Å². The molecule has 2 atom stereocenters. The molecule has 1 N–H and O–H groups in total. The molecule has 0 amide bonds. The average molecular weight is 725 g/mol. The fraction of sp³-hybridized carbons (Fsp3) is 0.286. The molecule has 4 aliphatic heterocycles. The molecule has 10 rings (SSSR count). The second-order valence-electron chi connectivity index (χ2n) is 14.0. The van der Waals surface area contributed by atoms with Crippen LogP contribution in [0, 0.1) is 0 Å². The van der Waals surface area contributed by atoms with Crippen LogP contribution in [0.2, 0.25) is 0 Å². The van der Waals surface area contributed by atoms with Crippen LogP contribution in [0.5, 0.6) is 0 Å². The fourth-order valence-electron chi connectivity index (χ4n) is 8.32. The lowest BCUT2D eigenvalue weighted by molar-refractivity contribution is -0.180. The summed E-state index contributed by atoms with van der Waals surface area (Å²) in [5.41, 5.74) is 4.96. The maximum atomic E-state index is 13.3. The van der Waals surface area contributed by atoms with E-state index < -0.39 is 23.1 Å². The third-order valence-corrected chi connectivity index (χ3v) is 11.2. The Kier molecular flexibility index (Phi) is 7.70. The van der Waals surface area contributed by atoms with E-state index in [-0.39, 0.29) is 30.8 Å². The van der Waals surface area contributed by atoms with E-state index in [1.807, 2.05) is 74.5 Å². The van der Waals surface area contributed by atoms with E-state index in [4.69, 9.17) is 24.2 Å². The van der Waals surface area contributed by atoms with Crippen LogP contribution in [0.15, 0.2) is 82.4 Å². The van der Waals surface area contributed by atoms with Gasteiger partial charge in [0.2, 0.25) is 0 Å². The molecular formula is C42H36N4O8. The quantitative estimate of drug-likeness (QED) is 0.240. The standard InChI is InChI=1S/C22H20N2O4.C20H16N2O4/c1-3-22(28-4-2)16-10-18-19-14(9-13-7-5-6-8-17(13)23-19)11-24(18)20(25)15(16)12-27-21(22)26;1-2-20(25)14-8-16-17-12(7-11-5-3-4-6-15(11)21-17)9-22(16)18(23)13(14)10-26-19(20)24/h5-10H,3-4,11-12H2,1-2H3;3-8,25H,2,9-10H2,1H3/t22-;20-/m00/s1. The van der Waals surface area contributed by atoms with Crippen molar-refractivity contribution in [1.29, 1.82) is 0 Å². The lowest BCUT2D eigenvalue weighted by Crippen LogP contribution is -2.46. The summed E-state index contributed by atoms with van der Waals surface area (Å²) >= 11 is 0. The minimum absolute atomic E-state index is 0.0200. The van der Waals surface area contributed by atoms with Crippen molar-refractivity contribution in [2.24, 2.45) is 0 Å². The molecule has 0 spiro atoms. The molecule has 272 valence electrons. The minimum Gasteiger partial charge on any atom is -0.458 e. The molecule has 0 unspecified atom stereocenters. The number of cyclic esters (lactones) is 2. The summed E-state index contributed by atoms with van der Waals surface area (Å²) in [5, 5.41) is 12.9. The lowest BCUT2D eigenvalue weighted by atomic mass is 9.85. The number of hydrogen-bond acceptors (Lipinski definition) is 10. The zero-order valence-electron chi connectivity index (χ0n) is 30.0. The van der Waals surface area contributed by atoms with Crippen molar-refractivity contribution in [2.75, 3.05) is 6.61 Å². The summed E-state index contributed by atoms with van der Waals surface area (Å²) in [6.45, 7) is 6.51. The number of aliphatic hydroxyl groups is 1. The number of nitrogens with zero attached hydrogens (tertiary/aromatic N) is 4. The van der Waals surface area contributed by atoms with Crippen LogP contribution in [-0.4, -0.2) is 42.8 Å². The summed E-state index contributed by atoms with van der Waals surface area (Å²) in [7, 11) is 0. The van der Waals surface area contributed by atoms with E-state index in [9.17, 15) is 24.3 Å². The first-order chi connectivity index (χ1) is 26.1. The van der Waals surface area contributed by atoms with E-state index >= 15 is 0 Å². The molecule has 0 aliphatic carbocycles. The maximum absolute atomic E-state index is 13.3. The SMILES string of the molecule is CCO[C@]1(CC)C(=O)OCc2c1cc1n(c2=O)Cc2cc3ccccc3nc2-1.CC[C@@]1(O)C(=O)OCc2c1cc1n(c2=O)Cc2cc3ccccc3nc2-1. The highest BCUT2D eigenvalue weighted by molar-refractivity contribution is 5.88. The monoisotopic (exact) mass is 724 g/mol. The minimum atomic E-state index is -1.79. The van der Waals surface area contributed by atoms with E-state index in [2.05, 4.69) is 6.07 Å². The number of esters is 2. The molecule has 4 aromatic heterocycles. The van der Waals surface area contributed by atoms with Crippen molar-refractivity contribution in [3.8, 4) is 22.8 Å². The summed E-state index contributed by atoms with van der Waals surface area (Å²) in [6, 6.07) is 23.4. The highest BCUT2D eigenvalue weighted by atomic mass is 16.6. The van der Waals surface area contributed by atoms with Crippen LogP contribution in [0.4, 0.5) is 0 Å². The molecule has 4 aliphatic rings. The number of rotatable bonds is 4. The van der Waals surface area contributed by atoms with Crippen LogP contribution in [0.3, 0.4) is 0 Å². The summed E-state index contributed by atoms with van der Waals surface area (Å²) in [5.74, 6) is -1.14. The topological polar surface area (TPSA) is 152 Å². The molecule has 0 radical (unpaired) electrons. The number of aromatic nitrogens is 4. The number of hydrogen-bond donors (Lipinski definition) is 1. The first kappa shape index (κ1) is 33.8. The number of pyridine rings is 4. The van der Waals surface area contributed by atoms with E-state index in [0.29, 0.717) is 54.1 Å². The molecule has 12 nitrogen and oxygen atoms in total. The van der Waals surface area contributed by atoms with Gasteiger partial charge in [-0.05, 0) is 56.2 Å². The normalized spacial score (nSPS) is 20.1. The Balaban J connectivity index is 0.000000143. The van der Waals surface area contributed by atoms with Crippen molar-refractivity contribution >= 4 is 33.7 Å². The second kappa shape index (κ2) is 12.3. The van der Waals surface area contributed by atoms with Gasteiger partial charge in [0, 0.05) is 39.6 Å². The average Bonchev–Trinajstić information content (AvgIpc) is 3.74. The predicted molar refractivity (Wildman–Crippen MR) is 198 cm³/mol. The van der Waals surface area contributed by atoms with E-state index in [1.54, 1.807) is 22.1 Å². The van der Waals surface area contributed by atoms with Crippen LogP contribution < -0.4 is 11.1 Å². The summed E-state index contributed by atoms with van der Waals surface area (Å²) < 4.78 is 19.7. The van der Waals surface area contributed by atoms with Gasteiger partial charge in [-0.2, -0.15) is 0 Å². The van der Waals surface area contributed by atoms with Gasteiger partial charge < -0.3 is 28.5 Å². The number of carbonyl (C=O) groups excluding carboxylic acids is 2. The third-order valence-electron chi connectivity index (χ3n) is 11.2. The Bertz CT molecular complexity index is 2740. The fourth-order valence-corrected chi connectivity index (χ4v) is 8.32. The van der Waals surface area contributed by atoms with Gasteiger partial charge in [0.15, 0.2) is 11.2 Å². The predicted octanol–water partition coefficient (Wildman–Crippen LogP) is 5.20. The Morgan fingerprint density at radius 3 is 1.70 bits per heavy atom. The zero-order valence-corrected chi connectivity index (χ0v) is 30.0. The van der Waals surface area contributed by atoms with Gasteiger partial charge in [0.1, 0.15) is 13.2 Å². The Morgan fingerprint density at radius 2 is 1.19 bits per heavy atom. The van der Waals surface area contributed by atoms with E-state index in [0.717, 1.165) is 50.0 Å². The number of ether oxygens (including phenoxy) is 3. The molecule has 8 heterocycles. The first-order valence-electron chi connectivity index (χ1n) is 18.1. The molecule has 6 aromatic rings. The third kappa shape index (κ3) is 4.76. The van der Waals surface area contributed by atoms with Crippen molar-refractivity contribution in [1.82, 2.24) is 19.1 Å². The smallest absolute Gasteiger partial charge is 0.343 e. The Hall–Kier alpha value is -5.98. The van der Waals surface area contributed by atoms with Crippen LogP contribution in [0.25, 0.3) is 44.6 Å². The van der Waals surface area contributed by atoms with Crippen molar-refractivity contribution in [3.63, 3.8) is 0 Å². The molecule has 0 saturated carbocycles. The Labute approximate surface area is 308 Å². The molecule has 0 saturated heterocycles. The van der Waals surface area contributed by atoms with Gasteiger partial charge in [-0.1, -0.05) is 50.2 Å². The van der Waals surface area contributed by atoms with Crippen LogP contribution in [-0.2, 0) is 61.3 Å².